The number of benzene rings is 1. The van der Waals surface area contributed by atoms with Crippen molar-refractivity contribution in [3.63, 3.8) is 0 Å². The first-order valence-corrected chi connectivity index (χ1v) is 8.12. The van der Waals surface area contributed by atoms with Gasteiger partial charge in [-0.25, -0.2) is 4.98 Å². The van der Waals surface area contributed by atoms with Crippen LogP contribution >= 0.6 is 15.9 Å². The smallest absolute Gasteiger partial charge is 0.161 e. The lowest BCUT2D eigenvalue weighted by molar-refractivity contribution is -0.297. The zero-order valence-electron chi connectivity index (χ0n) is 13.5. The predicted molar refractivity (Wildman–Crippen MR) is 95.5 cm³/mol. The van der Waals surface area contributed by atoms with Crippen LogP contribution < -0.4 is 14.6 Å². The number of imidazole rings is 1. The molecule has 3 rings (SSSR count). The maximum atomic E-state index is 10.9. The number of carboxylic acids is 1. The minimum absolute atomic E-state index is 0.563. The van der Waals surface area contributed by atoms with Gasteiger partial charge in [0.1, 0.15) is 5.65 Å². The van der Waals surface area contributed by atoms with Crippen LogP contribution in [-0.4, -0.2) is 29.6 Å². The lowest BCUT2D eigenvalue weighted by atomic mass is 10.1. The lowest BCUT2D eigenvalue weighted by Gasteiger charge is -2.09. The summed E-state index contributed by atoms with van der Waals surface area (Å²) in [7, 11) is 3.12. The van der Waals surface area contributed by atoms with E-state index in [0.717, 1.165) is 16.1 Å². The zero-order chi connectivity index (χ0) is 18.0. The first-order chi connectivity index (χ1) is 12.0. The molecule has 2 heterocycles. The van der Waals surface area contributed by atoms with Gasteiger partial charge in [0.05, 0.1) is 31.6 Å². The van der Waals surface area contributed by atoms with Crippen LogP contribution in [0.3, 0.4) is 0 Å². The molecule has 0 fully saturated rings. The Kier molecular flexibility index (Phi) is 4.76. The number of nitrogens with zero attached hydrogens (tertiary/aromatic N) is 2. The number of aliphatic carboxylic acids is 1. The molecule has 2 aromatic heterocycles. The van der Waals surface area contributed by atoms with Crippen LogP contribution in [0.4, 0.5) is 0 Å². The molecule has 0 unspecified atom stereocenters. The molecular formula is C18H14BrN2O4-. The molecule has 7 heteroatoms. The van der Waals surface area contributed by atoms with Gasteiger partial charge in [0.2, 0.25) is 0 Å². The number of hydrogen-bond acceptors (Lipinski definition) is 5. The summed E-state index contributed by atoms with van der Waals surface area (Å²) in [5, 5.41) is 10.9. The summed E-state index contributed by atoms with van der Waals surface area (Å²) >= 11 is 3.42. The molecule has 0 atom stereocenters. The Morgan fingerprint density at radius 3 is 2.64 bits per heavy atom. The van der Waals surface area contributed by atoms with E-state index in [2.05, 4.69) is 20.9 Å². The van der Waals surface area contributed by atoms with Crippen molar-refractivity contribution in [3.8, 4) is 22.8 Å². The topological polar surface area (TPSA) is 75.9 Å². The van der Waals surface area contributed by atoms with Gasteiger partial charge in [0.25, 0.3) is 0 Å². The summed E-state index contributed by atoms with van der Waals surface area (Å²) in [5.41, 5.74) is 2.70. The third kappa shape index (κ3) is 3.36. The molecule has 0 spiro atoms. The molecule has 6 nitrogen and oxygen atoms in total. The second-order valence-corrected chi connectivity index (χ2v) is 6.06. The first-order valence-electron chi connectivity index (χ1n) is 7.32. The molecule has 0 aliphatic heterocycles. The van der Waals surface area contributed by atoms with E-state index in [1.807, 2.05) is 24.4 Å². The summed E-state index contributed by atoms with van der Waals surface area (Å²) < 4.78 is 13.2. The molecule has 3 aromatic rings. The molecule has 0 aliphatic rings. The predicted octanol–water partition coefficient (Wildman–Crippen LogP) is 2.54. The largest absolute Gasteiger partial charge is 0.545 e. The number of aromatic nitrogens is 2. The molecule has 0 saturated carbocycles. The normalized spacial score (nSPS) is 11.2. The number of fused-ring (bicyclic) bond motifs is 1. The molecular weight excluding hydrogens is 388 g/mol. The van der Waals surface area contributed by atoms with Crippen molar-refractivity contribution in [2.24, 2.45) is 0 Å². The van der Waals surface area contributed by atoms with Crippen LogP contribution in [-0.2, 0) is 4.79 Å². The maximum Gasteiger partial charge on any atom is 0.161 e. The van der Waals surface area contributed by atoms with E-state index in [4.69, 9.17) is 9.47 Å². The molecule has 128 valence electrons. The van der Waals surface area contributed by atoms with Crippen molar-refractivity contribution < 1.29 is 19.4 Å². The summed E-state index contributed by atoms with van der Waals surface area (Å²) in [6.07, 6.45) is 4.27. The fourth-order valence-electron chi connectivity index (χ4n) is 2.54. The van der Waals surface area contributed by atoms with Gasteiger partial charge in [-0.05, 0) is 58.4 Å². The van der Waals surface area contributed by atoms with Crippen LogP contribution in [0, 0.1) is 0 Å². The molecule has 0 bridgehead atoms. The van der Waals surface area contributed by atoms with Crippen LogP contribution in [0.5, 0.6) is 11.5 Å². The fourth-order valence-corrected chi connectivity index (χ4v) is 2.88. The number of hydrogen-bond donors (Lipinski definition) is 0. The van der Waals surface area contributed by atoms with Crippen molar-refractivity contribution in [2.45, 2.75) is 0 Å². The first kappa shape index (κ1) is 17.0. The van der Waals surface area contributed by atoms with Gasteiger partial charge < -0.3 is 19.4 Å². The Labute approximate surface area is 152 Å². The number of carbonyl (C=O) groups excluding carboxylic acids is 1. The number of rotatable bonds is 5. The lowest BCUT2D eigenvalue weighted by Crippen LogP contribution is -2.18. The van der Waals surface area contributed by atoms with Crippen LogP contribution in [0.1, 0.15) is 5.69 Å². The molecule has 0 saturated heterocycles. The van der Waals surface area contributed by atoms with E-state index in [1.165, 1.54) is 6.08 Å². The number of pyridine rings is 1. The quantitative estimate of drug-likeness (QED) is 0.614. The average molecular weight is 402 g/mol. The van der Waals surface area contributed by atoms with E-state index in [9.17, 15) is 9.90 Å². The van der Waals surface area contributed by atoms with Crippen molar-refractivity contribution >= 4 is 33.6 Å². The van der Waals surface area contributed by atoms with Crippen LogP contribution in [0.2, 0.25) is 0 Å². The van der Waals surface area contributed by atoms with Gasteiger partial charge in [-0.15, -0.1) is 0 Å². The Morgan fingerprint density at radius 1 is 1.20 bits per heavy atom. The van der Waals surface area contributed by atoms with E-state index >= 15 is 0 Å². The average Bonchev–Trinajstić information content (AvgIpc) is 2.96. The van der Waals surface area contributed by atoms with Crippen LogP contribution in [0.15, 0.2) is 47.1 Å². The number of ether oxygens (including phenoxy) is 2. The molecule has 0 amide bonds. The standard InChI is InChI=1S/C18H15BrN2O4/c1-24-14-6-3-11(9-15(14)25-2)18-13(5-8-17(22)23)21-10-12(19)4-7-16(21)20-18/h3-10H,1-2H3,(H,22,23)/p-1/b8-5+. The Morgan fingerprint density at radius 2 is 1.96 bits per heavy atom. The van der Waals surface area contributed by atoms with E-state index < -0.39 is 5.97 Å². The monoisotopic (exact) mass is 401 g/mol. The Balaban J connectivity index is 2.24. The van der Waals surface area contributed by atoms with Crippen molar-refractivity contribution in [3.05, 3.63) is 52.8 Å². The number of halogens is 1. The van der Waals surface area contributed by atoms with Gasteiger partial charge in [-0.2, -0.15) is 0 Å². The SMILES string of the molecule is COc1ccc(-c2nc3ccc(Br)cn3c2/C=C/C(=O)[O-])cc1OC. The Bertz CT molecular complexity index is 979. The van der Waals surface area contributed by atoms with Gasteiger partial charge in [-0.3, -0.25) is 4.40 Å². The van der Waals surface area contributed by atoms with E-state index in [-0.39, 0.29) is 0 Å². The molecule has 25 heavy (non-hydrogen) atoms. The number of carboxylic acid groups (broad SMARTS) is 1. The number of methoxy groups -OCH3 is 2. The number of carbonyl (C=O) groups is 1. The minimum atomic E-state index is -1.27. The minimum Gasteiger partial charge on any atom is -0.545 e. The van der Waals surface area contributed by atoms with Crippen molar-refractivity contribution in [1.82, 2.24) is 9.38 Å². The van der Waals surface area contributed by atoms with Gasteiger partial charge in [-0.1, -0.05) is 0 Å². The highest BCUT2D eigenvalue weighted by Crippen LogP contribution is 2.34. The van der Waals surface area contributed by atoms with Crippen molar-refractivity contribution in [1.29, 1.82) is 0 Å². The summed E-state index contributed by atoms with van der Waals surface area (Å²) in [4.78, 5) is 15.5. The highest BCUT2D eigenvalue weighted by Gasteiger charge is 2.14. The van der Waals surface area contributed by atoms with E-state index in [0.29, 0.717) is 28.5 Å². The summed E-state index contributed by atoms with van der Waals surface area (Å²) in [6, 6.07) is 9.12. The molecule has 0 N–H and O–H groups in total. The highest BCUT2D eigenvalue weighted by atomic mass is 79.9. The maximum absolute atomic E-state index is 10.9. The van der Waals surface area contributed by atoms with E-state index in [1.54, 1.807) is 30.8 Å². The second-order valence-electron chi connectivity index (χ2n) is 5.14. The molecule has 0 radical (unpaired) electrons. The molecule has 1 aromatic carbocycles. The van der Waals surface area contributed by atoms with Gasteiger partial charge in [0.15, 0.2) is 11.5 Å². The fraction of sp³-hybridized carbons (Fsp3) is 0.111. The van der Waals surface area contributed by atoms with Gasteiger partial charge >= 0.3 is 0 Å². The highest BCUT2D eigenvalue weighted by molar-refractivity contribution is 9.10. The Hall–Kier alpha value is -2.80. The summed E-state index contributed by atoms with van der Waals surface area (Å²) in [5.74, 6) is -0.110. The van der Waals surface area contributed by atoms with Crippen LogP contribution in [0.25, 0.3) is 23.0 Å². The molecule has 0 aliphatic carbocycles. The second kappa shape index (κ2) is 6.98. The van der Waals surface area contributed by atoms with Crippen molar-refractivity contribution in [2.75, 3.05) is 14.2 Å². The summed E-state index contributed by atoms with van der Waals surface area (Å²) in [6.45, 7) is 0. The third-order valence-corrected chi connectivity index (χ3v) is 4.12. The third-order valence-electron chi connectivity index (χ3n) is 3.65. The van der Waals surface area contributed by atoms with Gasteiger partial charge in [0, 0.05) is 16.2 Å². The zero-order valence-corrected chi connectivity index (χ0v) is 15.1.